The lowest BCUT2D eigenvalue weighted by Crippen LogP contribution is -2.39. The lowest BCUT2D eigenvalue weighted by Gasteiger charge is -2.31. The molecule has 1 aromatic heterocycles. The van der Waals surface area contributed by atoms with Gasteiger partial charge in [-0.1, -0.05) is 6.07 Å². The Hall–Kier alpha value is -4.26. The third-order valence-electron chi connectivity index (χ3n) is 4.88. The van der Waals surface area contributed by atoms with Crippen LogP contribution in [0, 0.1) is 27.7 Å². The molecule has 1 aliphatic carbocycles. The lowest BCUT2D eigenvalue weighted by atomic mass is 9.81. The third-order valence-corrected chi connectivity index (χ3v) is 4.88. The van der Waals surface area contributed by atoms with Crippen LogP contribution in [-0.4, -0.2) is 53.5 Å². The summed E-state index contributed by atoms with van der Waals surface area (Å²) in [7, 11) is 2.24. The van der Waals surface area contributed by atoms with Crippen molar-refractivity contribution in [1.29, 1.82) is 0 Å². The van der Waals surface area contributed by atoms with Crippen molar-refractivity contribution in [1.82, 2.24) is 9.55 Å². The van der Waals surface area contributed by atoms with Crippen LogP contribution in [0.4, 0.5) is 13.6 Å². The second-order valence-electron chi connectivity index (χ2n) is 6.91. The molecule has 3 rings (SSSR count). The van der Waals surface area contributed by atoms with Crippen molar-refractivity contribution in [2.75, 3.05) is 20.8 Å². The molecule has 178 valence electrons. The van der Waals surface area contributed by atoms with Gasteiger partial charge in [-0.2, -0.15) is 0 Å². The molecule has 11 nitrogen and oxygen atoms in total. The zero-order valence-electron chi connectivity index (χ0n) is 17.8. The Morgan fingerprint density at radius 2 is 1.97 bits per heavy atom. The summed E-state index contributed by atoms with van der Waals surface area (Å²) in [5.74, 6) is -4.77. The molecular weight excluding hydrogens is 460 g/mol. The minimum Gasteiger partial charge on any atom is -0.465 e. The Balaban J connectivity index is 2.28. The van der Waals surface area contributed by atoms with Crippen LogP contribution in [0.15, 0.2) is 58.8 Å². The SMILES string of the molecule is COCC1C=C([N+](=O)[O-])C(C(=O)OC)=C(c2ccc(F)c(F)c2)C1OC(=O)n1cccnc1=O. The maximum Gasteiger partial charge on any atom is 0.422 e. The average Bonchev–Trinajstić information content (AvgIpc) is 2.81. The normalized spacial score (nSPS) is 17.7. The summed E-state index contributed by atoms with van der Waals surface area (Å²) in [5, 5.41) is 11.8. The van der Waals surface area contributed by atoms with E-state index in [0.29, 0.717) is 10.6 Å². The molecule has 1 heterocycles. The molecule has 13 heteroatoms. The molecule has 0 amide bonds. The minimum atomic E-state index is -1.50. The van der Waals surface area contributed by atoms with E-state index in [1.54, 1.807) is 0 Å². The summed E-state index contributed by atoms with van der Waals surface area (Å²) in [6.45, 7) is -0.237. The number of methoxy groups -OCH3 is 2. The Morgan fingerprint density at radius 1 is 1.24 bits per heavy atom. The third kappa shape index (κ3) is 4.73. The molecule has 0 saturated carbocycles. The standard InChI is InChI=1S/C21H17F2N3O8/c1-32-10-12-9-15(26(30)31)17(19(27)33-2)16(11-4-5-13(22)14(23)8-11)18(12)34-21(29)25-7-3-6-24-20(25)28/h3-9,12,18H,10H2,1-2H3. The van der Waals surface area contributed by atoms with Crippen molar-refractivity contribution >= 4 is 17.6 Å². The van der Waals surface area contributed by atoms with E-state index >= 15 is 0 Å². The van der Waals surface area contributed by atoms with Gasteiger partial charge in [0.1, 0.15) is 11.7 Å². The molecule has 34 heavy (non-hydrogen) atoms. The Bertz CT molecular complexity index is 1270. The summed E-state index contributed by atoms with van der Waals surface area (Å²) in [5.41, 5.74) is -2.84. The first-order chi connectivity index (χ1) is 16.2. The molecule has 2 aromatic rings. The number of hydrogen-bond donors (Lipinski definition) is 0. The molecule has 0 saturated heterocycles. The first kappa shape index (κ1) is 24.4. The van der Waals surface area contributed by atoms with Crippen LogP contribution in [0.25, 0.3) is 5.57 Å². The van der Waals surface area contributed by atoms with Gasteiger partial charge in [-0.05, 0) is 23.8 Å². The van der Waals surface area contributed by atoms with E-state index in [-0.39, 0.29) is 17.7 Å². The van der Waals surface area contributed by atoms with Gasteiger partial charge >= 0.3 is 17.8 Å². The minimum absolute atomic E-state index is 0.191. The van der Waals surface area contributed by atoms with E-state index in [1.165, 1.54) is 13.2 Å². The van der Waals surface area contributed by atoms with E-state index < -0.39 is 57.6 Å². The highest BCUT2D eigenvalue weighted by Gasteiger charge is 2.43. The second-order valence-corrected chi connectivity index (χ2v) is 6.91. The molecule has 0 fully saturated rings. The number of nitrogens with zero attached hydrogens (tertiary/aromatic N) is 3. The summed E-state index contributed by atoms with van der Waals surface area (Å²) in [6.07, 6.45) is 0.526. The topological polar surface area (TPSA) is 140 Å². The number of rotatable bonds is 6. The van der Waals surface area contributed by atoms with Crippen molar-refractivity contribution in [3.05, 3.63) is 91.8 Å². The quantitative estimate of drug-likeness (QED) is 0.347. The number of halogens is 2. The Labute approximate surface area is 190 Å². The van der Waals surface area contributed by atoms with Crippen molar-refractivity contribution in [3.8, 4) is 0 Å². The molecule has 0 N–H and O–H groups in total. The fraction of sp³-hybridized carbons (Fsp3) is 0.238. The van der Waals surface area contributed by atoms with Crippen LogP contribution < -0.4 is 5.69 Å². The summed E-state index contributed by atoms with van der Waals surface area (Å²) < 4.78 is 43.5. The van der Waals surface area contributed by atoms with Gasteiger partial charge in [-0.15, -0.1) is 0 Å². The molecule has 0 radical (unpaired) electrons. The number of ether oxygens (including phenoxy) is 3. The highest BCUT2D eigenvalue weighted by atomic mass is 19.2. The highest BCUT2D eigenvalue weighted by Crippen LogP contribution is 2.39. The number of carbonyl (C=O) groups is 2. The molecular formula is C21H17F2N3O8. The monoisotopic (exact) mass is 477 g/mol. The largest absolute Gasteiger partial charge is 0.465 e. The summed E-state index contributed by atoms with van der Waals surface area (Å²) in [4.78, 5) is 51.7. The van der Waals surface area contributed by atoms with Crippen molar-refractivity contribution in [3.63, 3.8) is 0 Å². The Kier molecular flexibility index (Phi) is 7.26. The fourth-order valence-corrected chi connectivity index (χ4v) is 3.44. The Morgan fingerprint density at radius 3 is 2.56 bits per heavy atom. The maximum absolute atomic E-state index is 14.1. The van der Waals surface area contributed by atoms with Crippen molar-refractivity contribution < 1.29 is 37.5 Å². The van der Waals surface area contributed by atoms with Gasteiger partial charge < -0.3 is 14.2 Å². The van der Waals surface area contributed by atoms with Crippen molar-refractivity contribution in [2.24, 2.45) is 5.92 Å². The van der Waals surface area contributed by atoms with Crippen molar-refractivity contribution in [2.45, 2.75) is 6.10 Å². The molecule has 2 unspecified atom stereocenters. The van der Waals surface area contributed by atoms with E-state index in [2.05, 4.69) is 9.72 Å². The van der Waals surface area contributed by atoms with Crippen LogP contribution in [0.1, 0.15) is 5.56 Å². The number of hydrogen-bond acceptors (Lipinski definition) is 9. The summed E-state index contributed by atoms with van der Waals surface area (Å²) in [6, 6.07) is 3.78. The zero-order chi connectivity index (χ0) is 25.0. The predicted molar refractivity (Wildman–Crippen MR) is 110 cm³/mol. The van der Waals surface area contributed by atoms with E-state index in [0.717, 1.165) is 37.7 Å². The van der Waals surface area contributed by atoms with Gasteiger partial charge in [-0.25, -0.2) is 32.7 Å². The first-order valence-electron chi connectivity index (χ1n) is 9.57. The molecule has 1 aliphatic rings. The number of aromatic nitrogens is 2. The lowest BCUT2D eigenvalue weighted by molar-refractivity contribution is -0.421. The second kappa shape index (κ2) is 10.1. The van der Waals surface area contributed by atoms with E-state index in [9.17, 15) is 33.3 Å². The highest BCUT2D eigenvalue weighted by molar-refractivity contribution is 6.03. The fourth-order valence-electron chi connectivity index (χ4n) is 3.44. The van der Waals surface area contributed by atoms with E-state index in [1.807, 2.05) is 0 Å². The van der Waals surface area contributed by atoms with Crippen LogP contribution >= 0.6 is 0 Å². The van der Waals surface area contributed by atoms with Crippen LogP contribution in [0.3, 0.4) is 0 Å². The van der Waals surface area contributed by atoms with E-state index in [4.69, 9.17) is 9.47 Å². The average molecular weight is 477 g/mol. The van der Waals surface area contributed by atoms with Gasteiger partial charge in [0.15, 0.2) is 11.6 Å². The van der Waals surface area contributed by atoms with Gasteiger partial charge in [0.2, 0.25) is 0 Å². The molecule has 1 aromatic carbocycles. The first-order valence-corrected chi connectivity index (χ1v) is 9.57. The number of benzene rings is 1. The van der Waals surface area contributed by atoms with Gasteiger partial charge in [0.25, 0.3) is 5.70 Å². The maximum atomic E-state index is 14.1. The molecule has 2 atom stereocenters. The number of nitro groups is 1. The molecule has 0 aliphatic heterocycles. The zero-order valence-corrected chi connectivity index (χ0v) is 17.8. The number of esters is 1. The summed E-state index contributed by atoms with van der Waals surface area (Å²) >= 11 is 0. The van der Waals surface area contributed by atoms with Crippen LogP contribution in [0.5, 0.6) is 0 Å². The molecule has 0 bridgehead atoms. The smallest absolute Gasteiger partial charge is 0.422 e. The predicted octanol–water partition coefficient (Wildman–Crippen LogP) is 1.94. The van der Waals surface area contributed by atoms with Gasteiger partial charge in [-0.3, -0.25) is 10.1 Å². The van der Waals surface area contributed by atoms with Crippen LogP contribution in [-0.2, 0) is 19.0 Å². The van der Waals surface area contributed by atoms with Crippen LogP contribution in [0.2, 0.25) is 0 Å². The number of carbonyl (C=O) groups excluding carboxylic acids is 2. The van der Waals surface area contributed by atoms with Gasteiger partial charge in [0.05, 0.1) is 18.6 Å². The molecule has 0 spiro atoms. The van der Waals surface area contributed by atoms with Gasteiger partial charge in [0, 0.05) is 37.1 Å².